The Morgan fingerprint density at radius 2 is 2.14 bits per heavy atom. The average molecular weight is 336 g/mol. The third-order valence-corrected chi connectivity index (χ3v) is 4.24. The first kappa shape index (κ1) is 16.7. The SMILES string of the molecule is CS(=O)c1ncc(C(F)(F)F)c(N[C@H]2CCC[C@@H]2C(N)=O)n1. The number of carbonyl (C=O) groups is 1. The molecule has 1 heterocycles. The molecule has 10 heteroatoms. The molecule has 0 radical (unpaired) electrons. The fourth-order valence-corrected chi connectivity index (χ4v) is 2.89. The van der Waals surface area contributed by atoms with Crippen molar-refractivity contribution >= 4 is 22.5 Å². The number of rotatable bonds is 4. The molecule has 0 bridgehead atoms. The van der Waals surface area contributed by atoms with Crippen LogP contribution in [0.1, 0.15) is 24.8 Å². The van der Waals surface area contributed by atoms with E-state index in [1.807, 2.05) is 0 Å². The molecule has 1 aromatic rings. The molecule has 6 nitrogen and oxygen atoms in total. The zero-order valence-corrected chi connectivity index (χ0v) is 12.5. The van der Waals surface area contributed by atoms with Gasteiger partial charge in [0.15, 0.2) is 0 Å². The second-order valence-electron chi connectivity index (χ2n) is 5.06. The van der Waals surface area contributed by atoms with Crippen molar-refractivity contribution in [3.8, 4) is 0 Å². The van der Waals surface area contributed by atoms with Crippen molar-refractivity contribution in [2.75, 3.05) is 11.6 Å². The smallest absolute Gasteiger partial charge is 0.369 e. The Kier molecular flexibility index (Phi) is 4.69. The van der Waals surface area contributed by atoms with E-state index in [4.69, 9.17) is 5.73 Å². The number of hydrogen-bond donors (Lipinski definition) is 2. The third-order valence-electron chi connectivity index (χ3n) is 3.53. The molecule has 1 aliphatic carbocycles. The highest BCUT2D eigenvalue weighted by molar-refractivity contribution is 7.84. The van der Waals surface area contributed by atoms with E-state index in [1.54, 1.807) is 0 Å². The van der Waals surface area contributed by atoms with E-state index >= 15 is 0 Å². The van der Waals surface area contributed by atoms with Gasteiger partial charge in [0, 0.05) is 18.5 Å². The zero-order chi connectivity index (χ0) is 16.5. The predicted octanol–water partition coefficient (Wildman–Crippen LogP) is 1.30. The number of nitrogens with zero attached hydrogens (tertiary/aromatic N) is 2. The first-order chi connectivity index (χ1) is 10.2. The van der Waals surface area contributed by atoms with Crippen molar-refractivity contribution in [3.05, 3.63) is 11.8 Å². The molecule has 0 aromatic carbocycles. The summed E-state index contributed by atoms with van der Waals surface area (Å²) in [6, 6.07) is -0.522. The van der Waals surface area contributed by atoms with E-state index in [2.05, 4.69) is 15.3 Å². The number of nitrogens with two attached hydrogens (primary N) is 1. The van der Waals surface area contributed by atoms with Crippen LogP contribution in [-0.2, 0) is 21.8 Å². The number of anilines is 1. The highest BCUT2D eigenvalue weighted by atomic mass is 32.2. The van der Waals surface area contributed by atoms with Gasteiger partial charge in [-0.15, -0.1) is 0 Å². The van der Waals surface area contributed by atoms with Crippen LogP contribution in [0.5, 0.6) is 0 Å². The van der Waals surface area contributed by atoms with E-state index in [1.165, 1.54) is 6.26 Å². The lowest BCUT2D eigenvalue weighted by Crippen LogP contribution is -2.35. The Hall–Kier alpha value is -1.71. The highest BCUT2D eigenvalue weighted by Crippen LogP contribution is 2.36. The highest BCUT2D eigenvalue weighted by Gasteiger charge is 2.38. The number of amides is 1. The van der Waals surface area contributed by atoms with Gasteiger partial charge >= 0.3 is 6.18 Å². The van der Waals surface area contributed by atoms with Crippen molar-refractivity contribution < 1.29 is 22.2 Å². The third kappa shape index (κ3) is 3.54. The molecular formula is C12H15F3N4O2S. The summed E-state index contributed by atoms with van der Waals surface area (Å²) < 4.78 is 50.4. The van der Waals surface area contributed by atoms with Crippen molar-refractivity contribution in [2.45, 2.75) is 36.6 Å². The molecule has 0 saturated heterocycles. The van der Waals surface area contributed by atoms with Crippen molar-refractivity contribution in [2.24, 2.45) is 11.7 Å². The van der Waals surface area contributed by atoms with Gasteiger partial charge in [-0.2, -0.15) is 13.2 Å². The lowest BCUT2D eigenvalue weighted by molar-refractivity contribution is -0.137. The summed E-state index contributed by atoms with van der Waals surface area (Å²) in [5.41, 5.74) is 4.20. The number of halogens is 3. The first-order valence-electron chi connectivity index (χ1n) is 6.53. The number of nitrogens with one attached hydrogen (secondary N) is 1. The molecule has 22 heavy (non-hydrogen) atoms. The van der Waals surface area contributed by atoms with E-state index in [0.717, 1.165) is 0 Å². The fraction of sp³-hybridized carbons (Fsp3) is 0.583. The quantitative estimate of drug-likeness (QED) is 0.808. The Bertz CT molecular complexity index is 609. The molecule has 122 valence electrons. The minimum atomic E-state index is -4.66. The number of hydrogen-bond acceptors (Lipinski definition) is 5. The molecule has 1 aliphatic rings. The van der Waals surface area contributed by atoms with Crippen LogP contribution < -0.4 is 11.1 Å². The maximum Gasteiger partial charge on any atom is 0.421 e. The van der Waals surface area contributed by atoms with E-state index in [9.17, 15) is 22.2 Å². The van der Waals surface area contributed by atoms with Gasteiger partial charge in [-0.1, -0.05) is 6.42 Å². The topological polar surface area (TPSA) is 98.0 Å². The molecule has 1 fully saturated rings. The van der Waals surface area contributed by atoms with Gasteiger partial charge in [-0.3, -0.25) is 9.00 Å². The summed E-state index contributed by atoms with van der Waals surface area (Å²) >= 11 is 0. The molecule has 1 unspecified atom stereocenters. The lowest BCUT2D eigenvalue weighted by atomic mass is 10.0. The average Bonchev–Trinajstić information content (AvgIpc) is 2.85. The normalized spacial score (nSPS) is 23.3. The zero-order valence-electron chi connectivity index (χ0n) is 11.7. The maximum absolute atomic E-state index is 13.0. The van der Waals surface area contributed by atoms with E-state index < -0.39 is 46.2 Å². The number of primary amides is 1. The van der Waals surface area contributed by atoms with Crippen LogP contribution in [0, 0.1) is 5.92 Å². The summed E-state index contributed by atoms with van der Waals surface area (Å²) in [4.78, 5) is 18.5. The molecule has 3 atom stereocenters. The molecule has 3 N–H and O–H groups in total. The standard InChI is InChI=1S/C12H15F3N4O2S/c1-22(21)11-17-5-7(12(13,14)15)10(19-11)18-8-4-2-3-6(8)9(16)20/h5-6,8H,2-4H2,1H3,(H2,16,20)(H,17,18,19)/t6-,8-,22?/m0/s1. The molecule has 0 aliphatic heterocycles. The Balaban J connectivity index is 2.37. The van der Waals surface area contributed by atoms with Crippen LogP contribution in [0.4, 0.5) is 19.0 Å². The number of alkyl halides is 3. The Morgan fingerprint density at radius 3 is 2.68 bits per heavy atom. The van der Waals surface area contributed by atoms with Crippen molar-refractivity contribution in [1.82, 2.24) is 9.97 Å². The van der Waals surface area contributed by atoms with Gasteiger partial charge in [-0.05, 0) is 12.8 Å². The van der Waals surface area contributed by atoms with Gasteiger partial charge < -0.3 is 11.1 Å². The first-order valence-corrected chi connectivity index (χ1v) is 8.09. The number of aromatic nitrogens is 2. The minimum Gasteiger partial charge on any atom is -0.369 e. The van der Waals surface area contributed by atoms with Crippen molar-refractivity contribution in [3.63, 3.8) is 0 Å². The van der Waals surface area contributed by atoms with Crippen LogP contribution in [-0.4, -0.2) is 32.4 Å². The summed E-state index contributed by atoms with van der Waals surface area (Å²) in [5, 5.41) is 2.43. The van der Waals surface area contributed by atoms with Crippen LogP contribution in [0.3, 0.4) is 0 Å². The molecule has 1 amide bonds. The van der Waals surface area contributed by atoms with Crippen LogP contribution in [0.2, 0.25) is 0 Å². The summed E-state index contributed by atoms with van der Waals surface area (Å²) in [6.07, 6.45) is -1.07. The molecule has 0 spiro atoms. The summed E-state index contributed by atoms with van der Waals surface area (Å²) in [6.45, 7) is 0. The summed E-state index contributed by atoms with van der Waals surface area (Å²) in [5.74, 6) is -1.57. The molecule has 1 saturated carbocycles. The second-order valence-corrected chi connectivity index (χ2v) is 6.33. The van der Waals surface area contributed by atoms with Gasteiger partial charge in [-0.25, -0.2) is 9.97 Å². The van der Waals surface area contributed by atoms with Crippen LogP contribution in [0.25, 0.3) is 0 Å². The number of carbonyl (C=O) groups excluding carboxylic acids is 1. The monoisotopic (exact) mass is 336 g/mol. The largest absolute Gasteiger partial charge is 0.421 e. The molecule has 1 aromatic heterocycles. The summed E-state index contributed by atoms with van der Waals surface area (Å²) in [7, 11) is -1.62. The van der Waals surface area contributed by atoms with E-state index in [-0.39, 0.29) is 5.16 Å². The maximum atomic E-state index is 13.0. The lowest BCUT2D eigenvalue weighted by Gasteiger charge is -2.21. The molecule has 2 rings (SSSR count). The van der Waals surface area contributed by atoms with Gasteiger partial charge in [0.05, 0.1) is 16.7 Å². The second kappa shape index (κ2) is 6.19. The van der Waals surface area contributed by atoms with Gasteiger partial charge in [0.25, 0.3) is 0 Å². The van der Waals surface area contributed by atoms with Crippen molar-refractivity contribution in [1.29, 1.82) is 0 Å². The predicted molar refractivity (Wildman–Crippen MR) is 73.3 cm³/mol. The van der Waals surface area contributed by atoms with Crippen LogP contribution in [0.15, 0.2) is 11.4 Å². The van der Waals surface area contributed by atoms with E-state index in [0.29, 0.717) is 25.5 Å². The van der Waals surface area contributed by atoms with Crippen LogP contribution >= 0.6 is 0 Å². The molecular weight excluding hydrogens is 321 g/mol. The Labute approximate surface area is 127 Å². The van der Waals surface area contributed by atoms with Gasteiger partial charge in [0.2, 0.25) is 11.1 Å². The minimum absolute atomic E-state index is 0.205. The van der Waals surface area contributed by atoms with Gasteiger partial charge in [0.1, 0.15) is 11.4 Å². The Morgan fingerprint density at radius 1 is 1.45 bits per heavy atom. The fourth-order valence-electron chi connectivity index (χ4n) is 2.47.